The molecule has 0 unspecified atom stereocenters. The number of halogens is 1. The molecule has 1 N–H and O–H groups in total. The van der Waals surface area contributed by atoms with Crippen LogP contribution in [-0.4, -0.2) is 26.2 Å². The molecule has 0 fully saturated rings. The lowest BCUT2D eigenvalue weighted by molar-refractivity contribution is -0.116. The van der Waals surface area contributed by atoms with Gasteiger partial charge in [0.25, 0.3) is 0 Å². The van der Waals surface area contributed by atoms with Crippen LogP contribution in [0.5, 0.6) is 17.2 Å². The molecule has 2 aromatic carbocycles. The topological polar surface area (TPSA) is 56.8 Å². The van der Waals surface area contributed by atoms with Crippen molar-refractivity contribution in [3.05, 3.63) is 59.4 Å². The van der Waals surface area contributed by atoms with E-state index in [0.717, 1.165) is 12.0 Å². The van der Waals surface area contributed by atoms with Gasteiger partial charge in [-0.15, -0.1) is 0 Å². The third-order valence-electron chi connectivity index (χ3n) is 3.92. The minimum atomic E-state index is -0.374. The molecular formula is C20H20FNO4. The van der Waals surface area contributed by atoms with Gasteiger partial charge in [-0.25, -0.2) is 4.39 Å². The van der Waals surface area contributed by atoms with Gasteiger partial charge in [0.1, 0.15) is 11.6 Å². The number of carbonyl (C=O) groups excluding carboxylic acids is 1. The Bertz CT molecular complexity index is 819. The van der Waals surface area contributed by atoms with Gasteiger partial charge in [-0.1, -0.05) is 18.2 Å². The summed E-state index contributed by atoms with van der Waals surface area (Å²) in [6.07, 6.45) is 3.55. The molecule has 0 aromatic heterocycles. The van der Waals surface area contributed by atoms with Gasteiger partial charge in [-0.2, -0.15) is 0 Å². The number of fused-ring (bicyclic) bond motifs is 1. The number of carbonyl (C=O) groups is 1. The standard InChI is InChI=1S/C20H20FNO4/c1-24-17-12-19-18(25-9-4-10-26-19)11-15(17)13-22-20(23)8-7-14-5-2-3-6-16(14)21/h2-3,5-8,11-12H,4,9-10,13H2,1H3,(H,22,23)/b8-7+. The second-order valence-corrected chi connectivity index (χ2v) is 5.73. The van der Waals surface area contributed by atoms with Gasteiger partial charge in [0.2, 0.25) is 5.91 Å². The zero-order valence-corrected chi connectivity index (χ0v) is 14.5. The van der Waals surface area contributed by atoms with Crippen LogP contribution < -0.4 is 19.5 Å². The molecule has 0 aliphatic carbocycles. The summed E-state index contributed by atoms with van der Waals surface area (Å²) >= 11 is 0. The molecule has 2 aromatic rings. The highest BCUT2D eigenvalue weighted by Crippen LogP contribution is 2.36. The van der Waals surface area contributed by atoms with Crippen molar-refractivity contribution in [2.75, 3.05) is 20.3 Å². The summed E-state index contributed by atoms with van der Waals surface area (Å²) in [5.74, 6) is 1.17. The fourth-order valence-corrected chi connectivity index (χ4v) is 2.58. The Morgan fingerprint density at radius 3 is 2.69 bits per heavy atom. The highest BCUT2D eigenvalue weighted by molar-refractivity contribution is 5.91. The van der Waals surface area contributed by atoms with E-state index >= 15 is 0 Å². The molecule has 6 heteroatoms. The Kier molecular flexibility index (Phi) is 5.73. The second kappa shape index (κ2) is 8.38. The van der Waals surface area contributed by atoms with E-state index in [4.69, 9.17) is 14.2 Å². The van der Waals surface area contributed by atoms with Gasteiger partial charge in [-0.3, -0.25) is 4.79 Å². The van der Waals surface area contributed by atoms with Crippen LogP contribution in [-0.2, 0) is 11.3 Å². The van der Waals surface area contributed by atoms with Crippen molar-refractivity contribution in [1.29, 1.82) is 0 Å². The van der Waals surface area contributed by atoms with Crippen molar-refractivity contribution in [2.24, 2.45) is 0 Å². The van der Waals surface area contributed by atoms with E-state index in [9.17, 15) is 9.18 Å². The van der Waals surface area contributed by atoms with Crippen molar-refractivity contribution >= 4 is 12.0 Å². The molecule has 0 atom stereocenters. The molecule has 1 aliphatic rings. The zero-order valence-electron chi connectivity index (χ0n) is 14.5. The fraction of sp³-hybridized carbons (Fsp3) is 0.250. The normalized spacial score (nSPS) is 13.3. The van der Waals surface area contributed by atoms with Crippen molar-refractivity contribution in [2.45, 2.75) is 13.0 Å². The Labute approximate surface area is 151 Å². The highest BCUT2D eigenvalue weighted by Gasteiger charge is 2.15. The van der Waals surface area contributed by atoms with Gasteiger partial charge >= 0.3 is 0 Å². The summed E-state index contributed by atoms with van der Waals surface area (Å²) in [4.78, 5) is 12.0. The van der Waals surface area contributed by atoms with Crippen LogP contribution in [0, 0.1) is 5.82 Å². The molecule has 1 aliphatic heterocycles. The lowest BCUT2D eigenvalue weighted by Crippen LogP contribution is -2.20. The van der Waals surface area contributed by atoms with Gasteiger partial charge in [-0.05, 0) is 18.2 Å². The first-order chi connectivity index (χ1) is 12.7. The van der Waals surface area contributed by atoms with E-state index in [2.05, 4.69) is 5.32 Å². The number of rotatable bonds is 5. The van der Waals surface area contributed by atoms with Crippen molar-refractivity contribution in [1.82, 2.24) is 5.32 Å². The van der Waals surface area contributed by atoms with E-state index in [1.54, 1.807) is 37.4 Å². The first-order valence-corrected chi connectivity index (χ1v) is 8.34. The van der Waals surface area contributed by atoms with E-state index in [0.29, 0.717) is 36.0 Å². The first-order valence-electron chi connectivity index (χ1n) is 8.34. The average Bonchev–Trinajstić information content (AvgIpc) is 2.89. The molecule has 5 nitrogen and oxygen atoms in total. The van der Waals surface area contributed by atoms with Crippen molar-refractivity contribution < 1.29 is 23.4 Å². The number of hydrogen-bond acceptors (Lipinski definition) is 4. The van der Waals surface area contributed by atoms with Gasteiger partial charge in [0.15, 0.2) is 11.5 Å². The zero-order chi connectivity index (χ0) is 18.4. The quantitative estimate of drug-likeness (QED) is 0.834. The number of amides is 1. The maximum absolute atomic E-state index is 13.6. The maximum atomic E-state index is 13.6. The summed E-state index contributed by atoms with van der Waals surface area (Å²) in [7, 11) is 1.56. The summed E-state index contributed by atoms with van der Waals surface area (Å²) in [6.45, 7) is 1.42. The molecule has 136 valence electrons. The summed E-state index contributed by atoms with van der Waals surface area (Å²) in [5, 5.41) is 2.76. The van der Waals surface area contributed by atoms with Gasteiger partial charge in [0, 0.05) is 36.2 Å². The fourth-order valence-electron chi connectivity index (χ4n) is 2.58. The van der Waals surface area contributed by atoms with Crippen LogP contribution in [0.2, 0.25) is 0 Å². The number of nitrogens with one attached hydrogen (secondary N) is 1. The smallest absolute Gasteiger partial charge is 0.244 e. The number of benzene rings is 2. The van der Waals surface area contributed by atoms with Crippen molar-refractivity contribution in [3.8, 4) is 17.2 Å². The van der Waals surface area contributed by atoms with E-state index in [1.807, 2.05) is 0 Å². The second-order valence-electron chi connectivity index (χ2n) is 5.73. The third-order valence-corrected chi connectivity index (χ3v) is 3.92. The minimum absolute atomic E-state index is 0.250. The lowest BCUT2D eigenvalue weighted by Gasteiger charge is -2.14. The molecule has 0 saturated carbocycles. The molecule has 1 amide bonds. The summed E-state index contributed by atoms with van der Waals surface area (Å²) in [6, 6.07) is 9.83. The van der Waals surface area contributed by atoms with Crippen LogP contribution >= 0.6 is 0 Å². The monoisotopic (exact) mass is 357 g/mol. The molecule has 0 saturated heterocycles. The molecule has 1 heterocycles. The first kappa shape index (κ1) is 17.8. The van der Waals surface area contributed by atoms with Crippen LogP contribution in [0.1, 0.15) is 17.5 Å². The SMILES string of the molecule is COc1cc2c(cc1CNC(=O)/C=C/c1ccccc1F)OCCCO2. The Morgan fingerprint density at radius 1 is 1.23 bits per heavy atom. The average molecular weight is 357 g/mol. The Morgan fingerprint density at radius 2 is 1.96 bits per heavy atom. The van der Waals surface area contributed by atoms with Crippen LogP contribution in [0.25, 0.3) is 6.08 Å². The molecular weight excluding hydrogens is 337 g/mol. The van der Waals surface area contributed by atoms with Gasteiger partial charge in [0.05, 0.1) is 20.3 Å². The van der Waals surface area contributed by atoms with Gasteiger partial charge < -0.3 is 19.5 Å². The third kappa shape index (κ3) is 4.33. The van der Waals surface area contributed by atoms with Crippen LogP contribution in [0.15, 0.2) is 42.5 Å². The van der Waals surface area contributed by atoms with E-state index in [-0.39, 0.29) is 18.3 Å². The van der Waals surface area contributed by atoms with Crippen LogP contribution in [0.4, 0.5) is 4.39 Å². The minimum Gasteiger partial charge on any atom is -0.496 e. The predicted molar refractivity (Wildman–Crippen MR) is 95.9 cm³/mol. The van der Waals surface area contributed by atoms with E-state index < -0.39 is 0 Å². The Balaban J connectivity index is 1.68. The van der Waals surface area contributed by atoms with E-state index in [1.165, 1.54) is 18.2 Å². The molecule has 0 radical (unpaired) electrons. The number of methoxy groups -OCH3 is 1. The lowest BCUT2D eigenvalue weighted by atomic mass is 10.1. The molecule has 3 rings (SSSR count). The number of ether oxygens (including phenoxy) is 3. The van der Waals surface area contributed by atoms with Crippen molar-refractivity contribution in [3.63, 3.8) is 0 Å². The molecule has 26 heavy (non-hydrogen) atoms. The largest absolute Gasteiger partial charge is 0.496 e. The highest BCUT2D eigenvalue weighted by atomic mass is 19.1. The summed E-state index contributed by atoms with van der Waals surface area (Å²) < 4.78 is 30.2. The van der Waals surface area contributed by atoms with Crippen LogP contribution in [0.3, 0.4) is 0 Å². The molecule has 0 spiro atoms. The summed E-state index contributed by atoms with van der Waals surface area (Å²) in [5.41, 5.74) is 1.13. The number of hydrogen-bond donors (Lipinski definition) is 1. The molecule has 0 bridgehead atoms. The maximum Gasteiger partial charge on any atom is 0.244 e. The Hall–Kier alpha value is -3.02. The predicted octanol–water partition coefficient (Wildman–Crippen LogP) is 3.33.